The van der Waals surface area contributed by atoms with E-state index < -0.39 is 5.97 Å². The van der Waals surface area contributed by atoms with E-state index in [-0.39, 0.29) is 5.91 Å². The average molecular weight is 501 g/mol. The van der Waals surface area contributed by atoms with Crippen molar-refractivity contribution >= 4 is 39.1 Å². The van der Waals surface area contributed by atoms with E-state index in [9.17, 15) is 9.59 Å². The number of thiophene rings is 1. The first-order chi connectivity index (χ1) is 17.6. The standard InChI is InChI=1S/C29H28N2O4S/c1-34-19-15-13-18(14-16-19)24-17-22(20-9-7-8-11-23(20)30-24)27(32)31-28-26(29(33)35-2)21-10-5-3-4-6-12-25(21)36-28/h7-9,11,13-17H,3-6,10,12H2,1-2H3,(H,31,32). The Bertz CT molecular complexity index is 1430. The van der Waals surface area contributed by atoms with Crippen molar-refractivity contribution in [2.75, 3.05) is 19.5 Å². The second kappa shape index (κ2) is 10.5. The molecule has 2 aromatic heterocycles. The van der Waals surface area contributed by atoms with Crippen LogP contribution >= 0.6 is 11.3 Å². The van der Waals surface area contributed by atoms with Gasteiger partial charge in [0.2, 0.25) is 0 Å². The summed E-state index contributed by atoms with van der Waals surface area (Å²) in [5, 5.41) is 4.37. The molecule has 1 aliphatic rings. The quantitative estimate of drug-likeness (QED) is 0.310. The summed E-state index contributed by atoms with van der Waals surface area (Å²) in [5.74, 6) is 0.0747. The molecule has 1 amide bonds. The second-order valence-corrected chi connectivity index (χ2v) is 9.97. The van der Waals surface area contributed by atoms with E-state index in [2.05, 4.69) is 5.32 Å². The van der Waals surface area contributed by atoms with Crippen LogP contribution in [0.1, 0.15) is 56.8 Å². The Morgan fingerprint density at radius 2 is 1.69 bits per heavy atom. The lowest BCUT2D eigenvalue weighted by Crippen LogP contribution is -2.15. The van der Waals surface area contributed by atoms with E-state index in [1.807, 2.05) is 48.5 Å². The van der Waals surface area contributed by atoms with Crippen LogP contribution in [-0.2, 0) is 17.6 Å². The molecule has 0 aliphatic heterocycles. The summed E-state index contributed by atoms with van der Waals surface area (Å²) in [6.07, 6.45) is 6.19. The molecule has 6 nitrogen and oxygen atoms in total. The summed E-state index contributed by atoms with van der Waals surface area (Å²) in [6, 6.07) is 17.0. The van der Waals surface area contributed by atoms with Gasteiger partial charge in [0.25, 0.3) is 5.91 Å². The molecule has 184 valence electrons. The van der Waals surface area contributed by atoms with Crippen molar-refractivity contribution in [3.8, 4) is 17.0 Å². The summed E-state index contributed by atoms with van der Waals surface area (Å²) >= 11 is 1.50. The molecule has 0 spiro atoms. The smallest absolute Gasteiger partial charge is 0.341 e. The molecule has 0 bridgehead atoms. The molecule has 7 heteroatoms. The van der Waals surface area contributed by atoms with Gasteiger partial charge < -0.3 is 14.8 Å². The fraction of sp³-hybridized carbons (Fsp3) is 0.276. The Kier molecular flexibility index (Phi) is 7.00. The molecule has 5 rings (SSSR count). The highest BCUT2D eigenvalue weighted by Gasteiger charge is 2.26. The third-order valence-corrected chi connectivity index (χ3v) is 7.84. The number of esters is 1. The first-order valence-corrected chi connectivity index (χ1v) is 13.0. The molecule has 0 unspecified atom stereocenters. The average Bonchev–Trinajstić information content (AvgIpc) is 3.22. The van der Waals surface area contributed by atoms with Gasteiger partial charge >= 0.3 is 5.97 Å². The summed E-state index contributed by atoms with van der Waals surface area (Å²) in [6.45, 7) is 0. The van der Waals surface area contributed by atoms with Crippen LogP contribution in [0.4, 0.5) is 5.00 Å². The molecule has 2 heterocycles. The van der Waals surface area contributed by atoms with E-state index in [4.69, 9.17) is 14.5 Å². The number of nitrogens with zero attached hydrogens (tertiary/aromatic N) is 1. The maximum absolute atomic E-state index is 13.7. The molecule has 1 aliphatic carbocycles. The Hall–Kier alpha value is -3.71. The monoisotopic (exact) mass is 500 g/mol. The molecule has 1 N–H and O–H groups in total. The van der Waals surface area contributed by atoms with Gasteiger partial charge in [-0.3, -0.25) is 4.79 Å². The van der Waals surface area contributed by atoms with Crippen molar-refractivity contribution in [2.45, 2.75) is 38.5 Å². The molecule has 0 fully saturated rings. The first kappa shape index (κ1) is 24.0. The first-order valence-electron chi connectivity index (χ1n) is 12.2. The number of hydrogen-bond acceptors (Lipinski definition) is 6. The Morgan fingerprint density at radius 1 is 0.944 bits per heavy atom. The van der Waals surface area contributed by atoms with Crippen molar-refractivity contribution in [2.24, 2.45) is 0 Å². The van der Waals surface area contributed by atoms with Gasteiger partial charge in [-0.15, -0.1) is 11.3 Å². The predicted molar refractivity (Wildman–Crippen MR) is 143 cm³/mol. The Balaban J connectivity index is 1.56. The molecule has 4 aromatic rings. The number of anilines is 1. The fourth-order valence-corrected chi connectivity index (χ4v) is 6.04. The largest absolute Gasteiger partial charge is 0.497 e. The number of amides is 1. The van der Waals surface area contributed by atoms with Crippen LogP contribution in [-0.4, -0.2) is 31.1 Å². The number of hydrogen-bond donors (Lipinski definition) is 1. The molecular formula is C29H28N2O4S. The number of nitrogens with one attached hydrogen (secondary N) is 1. The number of methoxy groups -OCH3 is 2. The summed E-state index contributed by atoms with van der Waals surface area (Å²) in [4.78, 5) is 32.5. The van der Waals surface area contributed by atoms with Crippen molar-refractivity contribution in [3.05, 3.63) is 76.2 Å². The van der Waals surface area contributed by atoms with Gasteiger partial charge in [-0.2, -0.15) is 0 Å². The third-order valence-electron chi connectivity index (χ3n) is 6.63. The summed E-state index contributed by atoms with van der Waals surface area (Å²) < 4.78 is 10.4. The number of carbonyl (C=O) groups excluding carboxylic acids is 2. The normalized spacial score (nSPS) is 13.4. The van der Waals surface area contributed by atoms with E-state index in [1.54, 1.807) is 13.2 Å². The van der Waals surface area contributed by atoms with Crippen LogP contribution in [0.5, 0.6) is 5.75 Å². The minimum atomic E-state index is -0.401. The lowest BCUT2D eigenvalue weighted by atomic mass is 9.96. The highest BCUT2D eigenvalue weighted by molar-refractivity contribution is 7.17. The number of ether oxygens (including phenoxy) is 2. The van der Waals surface area contributed by atoms with Crippen molar-refractivity contribution in [1.29, 1.82) is 0 Å². The molecule has 0 saturated heterocycles. The van der Waals surface area contributed by atoms with Gasteiger partial charge in [0, 0.05) is 15.8 Å². The van der Waals surface area contributed by atoms with Gasteiger partial charge in [-0.25, -0.2) is 9.78 Å². The summed E-state index contributed by atoms with van der Waals surface area (Å²) in [5.41, 5.74) is 4.32. The van der Waals surface area contributed by atoms with Gasteiger partial charge in [-0.05, 0) is 67.6 Å². The van der Waals surface area contributed by atoms with Gasteiger partial charge in [-0.1, -0.05) is 31.0 Å². The minimum Gasteiger partial charge on any atom is -0.497 e. The lowest BCUT2D eigenvalue weighted by Gasteiger charge is -2.12. The molecule has 0 radical (unpaired) electrons. The highest BCUT2D eigenvalue weighted by Crippen LogP contribution is 2.38. The molecule has 0 saturated carbocycles. The minimum absolute atomic E-state index is 0.275. The van der Waals surface area contributed by atoms with Gasteiger partial charge in [0.05, 0.1) is 36.6 Å². The number of para-hydroxylation sites is 1. The third kappa shape index (κ3) is 4.71. The number of carbonyl (C=O) groups is 2. The lowest BCUT2D eigenvalue weighted by molar-refractivity contribution is 0.0601. The van der Waals surface area contributed by atoms with Crippen LogP contribution in [0.25, 0.3) is 22.2 Å². The van der Waals surface area contributed by atoms with Crippen LogP contribution in [0, 0.1) is 0 Å². The number of fused-ring (bicyclic) bond motifs is 2. The van der Waals surface area contributed by atoms with Crippen molar-refractivity contribution < 1.29 is 19.1 Å². The number of aryl methyl sites for hydroxylation is 1. The van der Waals surface area contributed by atoms with E-state index >= 15 is 0 Å². The molecule has 2 aromatic carbocycles. The Morgan fingerprint density at radius 3 is 2.44 bits per heavy atom. The zero-order chi connectivity index (χ0) is 25.1. The molecule has 36 heavy (non-hydrogen) atoms. The van der Waals surface area contributed by atoms with Crippen molar-refractivity contribution in [3.63, 3.8) is 0 Å². The van der Waals surface area contributed by atoms with Crippen LogP contribution in [0.3, 0.4) is 0 Å². The number of rotatable bonds is 5. The van der Waals surface area contributed by atoms with Gasteiger partial charge in [0.1, 0.15) is 10.8 Å². The SMILES string of the molecule is COC(=O)c1c(NC(=O)c2cc(-c3ccc(OC)cc3)nc3ccccc23)sc2c1CCCCCC2. The summed E-state index contributed by atoms with van der Waals surface area (Å²) in [7, 11) is 3.01. The van der Waals surface area contributed by atoms with E-state index in [1.165, 1.54) is 29.7 Å². The number of benzene rings is 2. The second-order valence-electron chi connectivity index (χ2n) is 8.87. The number of pyridine rings is 1. The van der Waals surface area contributed by atoms with Crippen LogP contribution < -0.4 is 10.1 Å². The van der Waals surface area contributed by atoms with Gasteiger partial charge in [0.15, 0.2) is 0 Å². The van der Waals surface area contributed by atoms with Crippen molar-refractivity contribution in [1.82, 2.24) is 4.98 Å². The van der Waals surface area contributed by atoms with E-state index in [0.29, 0.717) is 21.8 Å². The predicted octanol–water partition coefficient (Wildman–Crippen LogP) is 6.67. The zero-order valence-corrected chi connectivity index (χ0v) is 21.2. The topological polar surface area (TPSA) is 77.5 Å². The van der Waals surface area contributed by atoms with E-state index in [0.717, 1.165) is 59.9 Å². The maximum Gasteiger partial charge on any atom is 0.341 e. The van der Waals surface area contributed by atoms with Crippen LogP contribution in [0.2, 0.25) is 0 Å². The zero-order valence-electron chi connectivity index (χ0n) is 20.4. The maximum atomic E-state index is 13.7. The number of aromatic nitrogens is 1. The van der Waals surface area contributed by atoms with Crippen LogP contribution in [0.15, 0.2) is 54.6 Å². The Labute approximate surface area is 214 Å². The molecular weight excluding hydrogens is 472 g/mol. The highest BCUT2D eigenvalue weighted by atomic mass is 32.1. The fourth-order valence-electron chi connectivity index (χ4n) is 4.77. The molecule has 0 atom stereocenters.